The maximum Gasteiger partial charge on any atom is 0.241 e. The van der Waals surface area contributed by atoms with E-state index in [1.807, 2.05) is 12.4 Å². The zero-order valence-electron chi connectivity index (χ0n) is 14.1. The van der Waals surface area contributed by atoms with E-state index in [1.165, 1.54) is 12.1 Å². The Labute approximate surface area is 146 Å². The normalized spacial score (nSPS) is 20.8. The van der Waals surface area contributed by atoms with Crippen molar-refractivity contribution in [2.45, 2.75) is 50.2 Å². The Morgan fingerprint density at radius 3 is 2.84 bits per heavy atom. The molecule has 1 fully saturated rings. The molecule has 2 N–H and O–H groups in total. The van der Waals surface area contributed by atoms with Crippen LogP contribution in [0.1, 0.15) is 49.0 Å². The van der Waals surface area contributed by atoms with Crippen LogP contribution in [0.3, 0.4) is 0 Å². The molecule has 2 atom stereocenters. The van der Waals surface area contributed by atoms with Crippen molar-refractivity contribution in [3.05, 3.63) is 53.9 Å². The summed E-state index contributed by atoms with van der Waals surface area (Å²) in [5.41, 5.74) is 0.790. The number of amides is 1. The van der Waals surface area contributed by atoms with Gasteiger partial charge in [0, 0.05) is 37.4 Å². The lowest BCUT2D eigenvalue weighted by Crippen LogP contribution is -2.40. The molecule has 0 saturated heterocycles. The maximum atomic E-state index is 13.2. The van der Waals surface area contributed by atoms with Crippen molar-refractivity contribution < 1.29 is 9.18 Å². The predicted molar refractivity (Wildman–Crippen MR) is 92.5 cm³/mol. The van der Waals surface area contributed by atoms with E-state index in [2.05, 4.69) is 20.2 Å². The third kappa shape index (κ3) is 3.74. The fraction of sp³-hybridized carbons (Fsp3) is 0.474. The number of aromatic nitrogens is 2. The lowest BCUT2D eigenvalue weighted by Gasteiger charge is -2.26. The Bertz CT molecular complexity index is 738. The van der Waals surface area contributed by atoms with E-state index in [-0.39, 0.29) is 11.7 Å². The lowest BCUT2D eigenvalue weighted by molar-refractivity contribution is -0.123. The van der Waals surface area contributed by atoms with Crippen LogP contribution in [0.15, 0.2) is 36.7 Å². The van der Waals surface area contributed by atoms with Crippen LogP contribution in [0, 0.1) is 5.82 Å². The zero-order chi connectivity index (χ0) is 17.2. The number of halogens is 1. The van der Waals surface area contributed by atoms with Gasteiger partial charge in [0.2, 0.25) is 5.91 Å². The van der Waals surface area contributed by atoms with Gasteiger partial charge < -0.3 is 15.2 Å². The molecule has 4 rings (SSSR count). The molecule has 6 heteroatoms. The quantitative estimate of drug-likeness (QED) is 0.848. The molecule has 1 aliphatic heterocycles. The molecule has 2 aromatic rings. The fourth-order valence-electron chi connectivity index (χ4n) is 3.49. The maximum absolute atomic E-state index is 13.2. The first-order valence-electron chi connectivity index (χ1n) is 9.01. The van der Waals surface area contributed by atoms with Crippen LogP contribution in [0.5, 0.6) is 0 Å². The highest BCUT2D eigenvalue weighted by Gasteiger charge is 2.29. The highest BCUT2D eigenvalue weighted by Crippen LogP contribution is 2.26. The summed E-state index contributed by atoms with van der Waals surface area (Å²) in [5, 5.41) is 6.45. The lowest BCUT2D eigenvalue weighted by atomic mass is 9.97. The molecule has 0 spiro atoms. The second kappa shape index (κ2) is 6.96. The van der Waals surface area contributed by atoms with Gasteiger partial charge in [0.1, 0.15) is 17.7 Å². The van der Waals surface area contributed by atoms with Crippen molar-refractivity contribution in [1.29, 1.82) is 0 Å². The Morgan fingerprint density at radius 2 is 2.08 bits per heavy atom. The van der Waals surface area contributed by atoms with Crippen molar-refractivity contribution >= 4 is 5.91 Å². The number of aryl methyl sites for hydroxylation is 1. The van der Waals surface area contributed by atoms with Gasteiger partial charge in [-0.15, -0.1) is 0 Å². The largest absolute Gasteiger partial charge is 0.352 e. The third-order valence-corrected chi connectivity index (χ3v) is 5.02. The molecular weight excluding hydrogens is 319 g/mol. The Balaban J connectivity index is 1.48. The Morgan fingerprint density at radius 1 is 1.28 bits per heavy atom. The molecule has 25 heavy (non-hydrogen) atoms. The van der Waals surface area contributed by atoms with E-state index in [0.717, 1.165) is 43.6 Å². The molecular formula is C19H23FN4O. The molecule has 2 aliphatic rings. The summed E-state index contributed by atoms with van der Waals surface area (Å²) in [6, 6.07) is 6.00. The molecule has 1 aromatic carbocycles. The summed E-state index contributed by atoms with van der Waals surface area (Å²) in [6.45, 7) is 1.69. The van der Waals surface area contributed by atoms with E-state index in [0.29, 0.717) is 18.5 Å². The summed E-state index contributed by atoms with van der Waals surface area (Å²) < 4.78 is 15.4. The van der Waals surface area contributed by atoms with Crippen molar-refractivity contribution in [3.63, 3.8) is 0 Å². The van der Waals surface area contributed by atoms with Crippen molar-refractivity contribution in [3.8, 4) is 0 Å². The van der Waals surface area contributed by atoms with Crippen LogP contribution in [-0.2, 0) is 11.3 Å². The Hall–Kier alpha value is -2.21. The number of rotatable bonds is 6. The molecule has 5 nitrogen and oxygen atoms in total. The molecule has 0 radical (unpaired) electrons. The molecule has 1 saturated carbocycles. The van der Waals surface area contributed by atoms with Gasteiger partial charge in [0.15, 0.2) is 0 Å². The summed E-state index contributed by atoms with van der Waals surface area (Å²) in [5.74, 6) is 1.05. The van der Waals surface area contributed by atoms with Gasteiger partial charge in [-0.3, -0.25) is 4.79 Å². The molecule has 1 amide bonds. The number of nitrogens with zero attached hydrogens (tertiary/aromatic N) is 2. The standard InChI is InChI=1S/C19H23FN4O/c20-15-5-3-13(4-6-15)17(19(25)23-16-7-8-16)22-12-14-2-1-10-24-11-9-21-18(14)24/h3-6,9,11,14,16-17,22H,1-2,7-8,10,12H2,(H,23,25)/t14-,17+/m0/s1. The number of carbonyl (C=O) groups is 1. The van der Waals surface area contributed by atoms with Gasteiger partial charge in [-0.1, -0.05) is 12.1 Å². The van der Waals surface area contributed by atoms with Gasteiger partial charge in [0.25, 0.3) is 0 Å². The van der Waals surface area contributed by atoms with Crippen LogP contribution in [0.2, 0.25) is 0 Å². The minimum absolute atomic E-state index is 0.0340. The average Bonchev–Trinajstić information content (AvgIpc) is 3.29. The van der Waals surface area contributed by atoms with Crippen LogP contribution in [0.4, 0.5) is 4.39 Å². The molecule has 132 valence electrons. The summed E-state index contributed by atoms with van der Waals surface area (Å²) in [4.78, 5) is 17.1. The molecule has 1 aliphatic carbocycles. The van der Waals surface area contributed by atoms with E-state index in [1.54, 1.807) is 12.1 Å². The summed E-state index contributed by atoms with van der Waals surface area (Å²) in [6.07, 6.45) is 8.11. The SMILES string of the molecule is O=C(NC1CC1)[C@H](NC[C@@H]1CCCn2ccnc21)c1ccc(F)cc1. The van der Waals surface area contributed by atoms with E-state index >= 15 is 0 Å². The van der Waals surface area contributed by atoms with Crippen LogP contribution >= 0.6 is 0 Å². The smallest absolute Gasteiger partial charge is 0.241 e. The van der Waals surface area contributed by atoms with Crippen LogP contribution in [-0.4, -0.2) is 28.0 Å². The van der Waals surface area contributed by atoms with E-state index in [4.69, 9.17) is 0 Å². The van der Waals surface area contributed by atoms with Gasteiger partial charge in [0.05, 0.1) is 0 Å². The molecule has 1 aromatic heterocycles. The molecule has 0 unspecified atom stereocenters. The topological polar surface area (TPSA) is 59.0 Å². The third-order valence-electron chi connectivity index (χ3n) is 5.02. The first kappa shape index (κ1) is 16.3. The number of nitrogens with one attached hydrogen (secondary N) is 2. The van der Waals surface area contributed by atoms with Crippen LogP contribution < -0.4 is 10.6 Å². The molecule has 2 heterocycles. The van der Waals surface area contributed by atoms with Crippen LogP contribution in [0.25, 0.3) is 0 Å². The van der Waals surface area contributed by atoms with E-state index in [9.17, 15) is 9.18 Å². The molecule has 0 bridgehead atoms. The van der Waals surface area contributed by atoms with Gasteiger partial charge in [-0.2, -0.15) is 0 Å². The fourth-order valence-corrected chi connectivity index (χ4v) is 3.49. The second-order valence-electron chi connectivity index (χ2n) is 6.99. The van der Waals surface area contributed by atoms with Crippen molar-refractivity contribution in [2.24, 2.45) is 0 Å². The number of imidazole rings is 1. The number of fused-ring (bicyclic) bond motifs is 1. The summed E-state index contributed by atoms with van der Waals surface area (Å²) in [7, 11) is 0. The number of hydrogen-bond acceptors (Lipinski definition) is 3. The number of hydrogen-bond donors (Lipinski definition) is 2. The van der Waals surface area contributed by atoms with Crippen molar-refractivity contribution in [2.75, 3.05) is 6.54 Å². The summed E-state index contributed by atoms with van der Waals surface area (Å²) >= 11 is 0. The van der Waals surface area contributed by atoms with Gasteiger partial charge in [-0.25, -0.2) is 9.37 Å². The zero-order valence-corrected chi connectivity index (χ0v) is 14.1. The first-order chi connectivity index (χ1) is 12.2. The minimum Gasteiger partial charge on any atom is -0.352 e. The first-order valence-corrected chi connectivity index (χ1v) is 9.01. The monoisotopic (exact) mass is 342 g/mol. The highest BCUT2D eigenvalue weighted by molar-refractivity contribution is 5.83. The van der Waals surface area contributed by atoms with Gasteiger partial charge >= 0.3 is 0 Å². The number of carbonyl (C=O) groups excluding carboxylic acids is 1. The van der Waals surface area contributed by atoms with Gasteiger partial charge in [-0.05, 0) is 43.4 Å². The predicted octanol–water partition coefficient (Wildman–Crippen LogP) is 2.51. The van der Waals surface area contributed by atoms with E-state index < -0.39 is 6.04 Å². The minimum atomic E-state index is -0.466. The van der Waals surface area contributed by atoms with Crippen molar-refractivity contribution in [1.82, 2.24) is 20.2 Å². The second-order valence-corrected chi connectivity index (χ2v) is 6.99. The number of benzene rings is 1. The Kier molecular flexibility index (Phi) is 4.53. The highest BCUT2D eigenvalue weighted by atomic mass is 19.1. The average molecular weight is 342 g/mol.